The summed E-state index contributed by atoms with van der Waals surface area (Å²) >= 11 is 12.1. The molecular formula is C13H12Cl2N2O2. The number of benzene rings is 1. The molecule has 1 saturated heterocycles. The number of halogens is 2. The van der Waals surface area contributed by atoms with E-state index in [1.807, 2.05) is 0 Å². The number of nitrogens with zero attached hydrogens (tertiary/aromatic N) is 1. The highest BCUT2D eigenvalue weighted by molar-refractivity contribution is 6.39. The number of hydrogen-bond donors (Lipinski definition) is 1. The largest absolute Gasteiger partial charge is 0.371 e. The Morgan fingerprint density at radius 3 is 2.37 bits per heavy atom. The van der Waals surface area contributed by atoms with Crippen molar-refractivity contribution in [3.05, 3.63) is 28.2 Å². The number of carbonyl (C=O) groups is 2. The summed E-state index contributed by atoms with van der Waals surface area (Å²) in [5.74, 6) is -0.295. The Kier molecular flexibility index (Phi) is 3.15. The minimum atomic E-state index is -0.564. The highest BCUT2D eigenvalue weighted by atomic mass is 35.5. The SMILES string of the molecule is O=C1CC(Nc2c(Cl)cccc2Cl)C(=O)N1C1CC1. The van der Waals surface area contributed by atoms with E-state index in [1.54, 1.807) is 18.2 Å². The van der Waals surface area contributed by atoms with Crippen molar-refractivity contribution in [2.24, 2.45) is 0 Å². The summed E-state index contributed by atoms with van der Waals surface area (Å²) in [7, 11) is 0. The van der Waals surface area contributed by atoms with Crippen molar-refractivity contribution in [1.82, 2.24) is 4.90 Å². The highest BCUT2D eigenvalue weighted by Crippen LogP contribution is 2.35. The Morgan fingerprint density at radius 1 is 1.16 bits per heavy atom. The molecule has 6 heteroatoms. The Balaban J connectivity index is 1.81. The number of carbonyl (C=O) groups excluding carboxylic acids is 2. The van der Waals surface area contributed by atoms with Gasteiger partial charge in [0.05, 0.1) is 22.2 Å². The molecule has 1 aromatic rings. The predicted molar refractivity (Wildman–Crippen MR) is 73.4 cm³/mol. The van der Waals surface area contributed by atoms with Gasteiger partial charge in [0, 0.05) is 6.04 Å². The van der Waals surface area contributed by atoms with Crippen molar-refractivity contribution in [3.63, 3.8) is 0 Å². The van der Waals surface area contributed by atoms with E-state index in [4.69, 9.17) is 23.2 Å². The summed E-state index contributed by atoms with van der Waals surface area (Å²) in [6, 6.07) is 4.65. The summed E-state index contributed by atoms with van der Waals surface area (Å²) in [6.45, 7) is 0. The second-order valence-electron chi connectivity index (χ2n) is 4.83. The molecule has 1 atom stereocenters. The first-order chi connectivity index (χ1) is 9.08. The molecule has 1 N–H and O–H groups in total. The zero-order valence-electron chi connectivity index (χ0n) is 10.0. The van der Waals surface area contributed by atoms with Crippen LogP contribution in [-0.2, 0) is 9.59 Å². The summed E-state index contributed by atoms with van der Waals surface area (Å²) in [5, 5.41) is 3.88. The van der Waals surface area contributed by atoms with Crippen LogP contribution in [0.1, 0.15) is 19.3 Å². The van der Waals surface area contributed by atoms with Crippen LogP contribution < -0.4 is 5.32 Å². The maximum absolute atomic E-state index is 12.2. The summed E-state index contributed by atoms with van der Waals surface area (Å²) in [4.78, 5) is 25.4. The number of imide groups is 1. The van der Waals surface area contributed by atoms with E-state index in [0.29, 0.717) is 15.7 Å². The molecule has 2 amide bonds. The smallest absolute Gasteiger partial charge is 0.252 e. The third kappa shape index (κ3) is 2.30. The van der Waals surface area contributed by atoms with Crippen LogP contribution >= 0.6 is 23.2 Å². The van der Waals surface area contributed by atoms with Crippen LogP contribution in [0.5, 0.6) is 0 Å². The fourth-order valence-electron chi connectivity index (χ4n) is 2.29. The van der Waals surface area contributed by atoms with Gasteiger partial charge in [-0.1, -0.05) is 29.3 Å². The van der Waals surface area contributed by atoms with E-state index in [-0.39, 0.29) is 24.3 Å². The quantitative estimate of drug-likeness (QED) is 0.873. The van der Waals surface area contributed by atoms with Gasteiger partial charge < -0.3 is 5.32 Å². The van der Waals surface area contributed by atoms with Gasteiger partial charge in [0.1, 0.15) is 6.04 Å². The van der Waals surface area contributed by atoms with Crippen molar-refractivity contribution in [1.29, 1.82) is 0 Å². The molecule has 0 bridgehead atoms. The molecule has 100 valence electrons. The van der Waals surface area contributed by atoms with Gasteiger partial charge in [-0.15, -0.1) is 0 Å². The standard InChI is InChI=1S/C13H12Cl2N2O2/c14-8-2-1-3-9(15)12(8)16-10-6-11(18)17(13(10)19)7-4-5-7/h1-3,7,10,16H,4-6H2. The lowest BCUT2D eigenvalue weighted by Gasteiger charge is -2.16. The molecule has 3 rings (SSSR count). The summed E-state index contributed by atoms with van der Waals surface area (Å²) in [5.41, 5.74) is 0.509. The third-order valence-corrected chi connectivity index (χ3v) is 4.01. The number of amides is 2. The third-order valence-electron chi connectivity index (χ3n) is 3.38. The lowest BCUT2D eigenvalue weighted by atomic mass is 10.2. The molecule has 4 nitrogen and oxygen atoms in total. The van der Waals surface area contributed by atoms with Crippen LogP contribution in [0.2, 0.25) is 10.0 Å². The maximum Gasteiger partial charge on any atom is 0.252 e. The van der Waals surface area contributed by atoms with Crippen LogP contribution in [0.15, 0.2) is 18.2 Å². The molecule has 1 aromatic carbocycles. The van der Waals surface area contributed by atoms with Crippen molar-refractivity contribution < 1.29 is 9.59 Å². The molecule has 1 aliphatic carbocycles. The molecule has 1 aliphatic heterocycles. The fraction of sp³-hybridized carbons (Fsp3) is 0.385. The number of hydrogen-bond acceptors (Lipinski definition) is 3. The monoisotopic (exact) mass is 298 g/mol. The minimum Gasteiger partial charge on any atom is -0.371 e. The number of anilines is 1. The lowest BCUT2D eigenvalue weighted by Crippen LogP contribution is -2.36. The van der Waals surface area contributed by atoms with Gasteiger partial charge in [0.2, 0.25) is 5.91 Å². The number of para-hydroxylation sites is 1. The second-order valence-corrected chi connectivity index (χ2v) is 5.65. The summed E-state index contributed by atoms with van der Waals surface area (Å²) in [6.07, 6.45) is 1.99. The average molecular weight is 299 g/mol. The molecule has 0 radical (unpaired) electrons. The average Bonchev–Trinajstić information content (AvgIpc) is 3.13. The van der Waals surface area contributed by atoms with Gasteiger partial charge in [-0.05, 0) is 25.0 Å². The van der Waals surface area contributed by atoms with Gasteiger partial charge in [0.15, 0.2) is 0 Å². The maximum atomic E-state index is 12.2. The predicted octanol–water partition coefficient (Wildman–Crippen LogP) is 2.70. The topological polar surface area (TPSA) is 49.4 Å². The number of rotatable bonds is 3. The zero-order chi connectivity index (χ0) is 13.6. The van der Waals surface area contributed by atoms with E-state index < -0.39 is 6.04 Å². The fourth-order valence-corrected chi connectivity index (χ4v) is 2.80. The molecule has 0 aromatic heterocycles. The Morgan fingerprint density at radius 2 is 1.79 bits per heavy atom. The Bertz CT molecular complexity index is 537. The first kappa shape index (κ1) is 12.8. The van der Waals surface area contributed by atoms with Crippen LogP contribution in [0.3, 0.4) is 0 Å². The highest BCUT2D eigenvalue weighted by Gasteiger charge is 2.46. The van der Waals surface area contributed by atoms with Crippen LogP contribution in [0.4, 0.5) is 5.69 Å². The van der Waals surface area contributed by atoms with Gasteiger partial charge in [0.25, 0.3) is 5.91 Å². The van der Waals surface area contributed by atoms with Crippen molar-refractivity contribution in [3.8, 4) is 0 Å². The molecule has 2 fully saturated rings. The first-order valence-corrected chi connectivity index (χ1v) is 6.90. The van der Waals surface area contributed by atoms with E-state index >= 15 is 0 Å². The Hall–Kier alpha value is -1.26. The normalized spacial score (nSPS) is 23.1. The van der Waals surface area contributed by atoms with Crippen molar-refractivity contribution in [2.75, 3.05) is 5.32 Å². The molecular weight excluding hydrogens is 287 g/mol. The van der Waals surface area contributed by atoms with E-state index in [1.165, 1.54) is 4.90 Å². The number of likely N-dealkylation sites (tertiary alicyclic amines) is 1. The summed E-state index contributed by atoms with van der Waals surface area (Å²) < 4.78 is 0. The lowest BCUT2D eigenvalue weighted by molar-refractivity contribution is -0.139. The molecule has 1 saturated carbocycles. The first-order valence-electron chi connectivity index (χ1n) is 6.14. The zero-order valence-corrected chi connectivity index (χ0v) is 11.5. The number of nitrogens with one attached hydrogen (secondary N) is 1. The Labute approximate surface area is 120 Å². The molecule has 1 heterocycles. The molecule has 2 aliphatic rings. The van der Waals surface area contributed by atoms with Crippen LogP contribution in [0, 0.1) is 0 Å². The minimum absolute atomic E-state index is 0.105. The van der Waals surface area contributed by atoms with Crippen LogP contribution in [-0.4, -0.2) is 28.8 Å². The van der Waals surface area contributed by atoms with E-state index in [2.05, 4.69) is 5.32 Å². The molecule has 19 heavy (non-hydrogen) atoms. The van der Waals surface area contributed by atoms with Crippen molar-refractivity contribution in [2.45, 2.75) is 31.3 Å². The molecule has 0 spiro atoms. The van der Waals surface area contributed by atoms with Crippen molar-refractivity contribution >= 4 is 40.7 Å². The van der Waals surface area contributed by atoms with E-state index in [9.17, 15) is 9.59 Å². The van der Waals surface area contributed by atoms with Crippen LogP contribution in [0.25, 0.3) is 0 Å². The van der Waals surface area contributed by atoms with E-state index in [0.717, 1.165) is 12.8 Å². The van der Waals surface area contributed by atoms with Gasteiger partial charge in [-0.3, -0.25) is 14.5 Å². The van der Waals surface area contributed by atoms with Gasteiger partial charge in [-0.25, -0.2) is 0 Å². The van der Waals surface area contributed by atoms with Gasteiger partial charge >= 0.3 is 0 Å². The molecule has 1 unspecified atom stereocenters. The van der Waals surface area contributed by atoms with Gasteiger partial charge in [-0.2, -0.15) is 0 Å². The second kappa shape index (κ2) is 4.69.